The van der Waals surface area contributed by atoms with Crippen LogP contribution >= 0.6 is 0 Å². The van der Waals surface area contributed by atoms with Gasteiger partial charge in [0.05, 0.1) is 11.5 Å². The predicted octanol–water partition coefficient (Wildman–Crippen LogP) is 1.17. The van der Waals surface area contributed by atoms with Crippen molar-refractivity contribution >= 4 is 11.8 Å². The average molecular weight is 294 g/mol. The molecule has 2 aliphatic rings. The maximum atomic E-state index is 12.4. The predicted molar refractivity (Wildman–Crippen MR) is 80.6 cm³/mol. The lowest BCUT2D eigenvalue weighted by Crippen LogP contribution is -2.38. The first-order chi connectivity index (χ1) is 9.95. The van der Waals surface area contributed by atoms with Crippen molar-refractivity contribution in [3.05, 3.63) is 12.7 Å². The van der Waals surface area contributed by atoms with Crippen molar-refractivity contribution in [2.24, 2.45) is 5.92 Å². The van der Waals surface area contributed by atoms with Gasteiger partial charge in [-0.05, 0) is 19.3 Å². The normalized spacial score (nSPS) is 24.4. The van der Waals surface area contributed by atoms with Crippen molar-refractivity contribution in [1.29, 1.82) is 0 Å². The van der Waals surface area contributed by atoms with E-state index in [0.717, 1.165) is 25.7 Å². The van der Waals surface area contributed by atoms with Crippen LogP contribution in [-0.4, -0.2) is 59.0 Å². The molecule has 5 heteroatoms. The minimum Gasteiger partial charge on any atom is -0.390 e. The third-order valence-electron chi connectivity index (χ3n) is 4.74. The second-order valence-electron chi connectivity index (χ2n) is 6.43. The van der Waals surface area contributed by atoms with Gasteiger partial charge in [0.25, 0.3) is 0 Å². The molecule has 21 heavy (non-hydrogen) atoms. The molecule has 0 aromatic carbocycles. The Balaban J connectivity index is 1.82. The minimum atomic E-state index is -0.588. The van der Waals surface area contributed by atoms with Gasteiger partial charge in [-0.15, -0.1) is 6.58 Å². The first kappa shape index (κ1) is 16.0. The summed E-state index contributed by atoms with van der Waals surface area (Å²) in [5.41, 5.74) is -0.588. The first-order valence-electron chi connectivity index (χ1n) is 7.81. The number of carbonyl (C=O) groups is 2. The van der Waals surface area contributed by atoms with Gasteiger partial charge >= 0.3 is 0 Å². The maximum absolute atomic E-state index is 12.4. The zero-order valence-electron chi connectivity index (χ0n) is 12.9. The Labute approximate surface area is 126 Å². The monoisotopic (exact) mass is 294 g/mol. The summed E-state index contributed by atoms with van der Waals surface area (Å²) in [4.78, 5) is 27.5. The SMILES string of the molecule is C=CCN1C[C@H](C(=O)N(C)CCC2(O)CCCC2)CC1=O. The molecule has 2 rings (SSSR count). The fourth-order valence-corrected chi connectivity index (χ4v) is 3.35. The van der Waals surface area contributed by atoms with E-state index in [0.29, 0.717) is 32.5 Å². The van der Waals surface area contributed by atoms with Crippen LogP contribution in [0.25, 0.3) is 0 Å². The summed E-state index contributed by atoms with van der Waals surface area (Å²) in [6.45, 7) is 5.18. The van der Waals surface area contributed by atoms with Crippen LogP contribution in [0.1, 0.15) is 38.5 Å². The van der Waals surface area contributed by atoms with E-state index in [1.54, 1.807) is 22.9 Å². The average Bonchev–Trinajstić information content (AvgIpc) is 3.04. The van der Waals surface area contributed by atoms with Crippen LogP contribution in [0.5, 0.6) is 0 Å². The number of nitrogens with zero attached hydrogens (tertiary/aromatic N) is 2. The Kier molecular flexibility index (Phi) is 5.04. The van der Waals surface area contributed by atoms with Gasteiger partial charge < -0.3 is 14.9 Å². The molecule has 1 heterocycles. The highest BCUT2D eigenvalue weighted by atomic mass is 16.3. The summed E-state index contributed by atoms with van der Waals surface area (Å²) in [6.07, 6.45) is 6.43. The van der Waals surface area contributed by atoms with Gasteiger partial charge in [-0.2, -0.15) is 0 Å². The van der Waals surface area contributed by atoms with Crippen molar-refractivity contribution in [2.75, 3.05) is 26.7 Å². The van der Waals surface area contributed by atoms with E-state index in [1.165, 1.54) is 0 Å². The van der Waals surface area contributed by atoms with E-state index in [2.05, 4.69) is 6.58 Å². The lowest BCUT2D eigenvalue weighted by Gasteiger charge is -2.27. The number of hydrogen-bond donors (Lipinski definition) is 1. The van der Waals surface area contributed by atoms with E-state index in [1.807, 2.05) is 0 Å². The molecule has 1 aliphatic heterocycles. The van der Waals surface area contributed by atoms with Crippen molar-refractivity contribution in [2.45, 2.75) is 44.1 Å². The van der Waals surface area contributed by atoms with E-state index < -0.39 is 5.60 Å². The van der Waals surface area contributed by atoms with Gasteiger partial charge in [-0.3, -0.25) is 9.59 Å². The Morgan fingerprint density at radius 3 is 2.81 bits per heavy atom. The van der Waals surface area contributed by atoms with Crippen molar-refractivity contribution in [3.63, 3.8) is 0 Å². The van der Waals surface area contributed by atoms with Crippen molar-refractivity contribution in [1.82, 2.24) is 9.80 Å². The van der Waals surface area contributed by atoms with Crippen LogP contribution in [0.2, 0.25) is 0 Å². The van der Waals surface area contributed by atoms with Crippen molar-refractivity contribution in [3.8, 4) is 0 Å². The van der Waals surface area contributed by atoms with Crippen LogP contribution in [0.15, 0.2) is 12.7 Å². The summed E-state index contributed by atoms with van der Waals surface area (Å²) < 4.78 is 0. The fourth-order valence-electron chi connectivity index (χ4n) is 3.35. The largest absolute Gasteiger partial charge is 0.390 e. The van der Waals surface area contributed by atoms with Gasteiger partial charge in [0.15, 0.2) is 0 Å². The molecule has 1 saturated heterocycles. The third kappa shape index (κ3) is 3.84. The van der Waals surface area contributed by atoms with Crippen LogP contribution in [0, 0.1) is 5.92 Å². The van der Waals surface area contributed by atoms with Crippen LogP contribution in [-0.2, 0) is 9.59 Å². The molecule has 0 spiro atoms. The Bertz CT molecular complexity index is 416. The molecular formula is C16H26N2O3. The molecular weight excluding hydrogens is 268 g/mol. The smallest absolute Gasteiger partial charge is 0.227 e. The summed E-state index contributed by atoms with van der Waals surface area (Å²) in [5, 5.41) is 10.3. The van der Waals surface area contributed by atoms with Gasteiger partial charge in [0, 0.05) is 33.1 Å². The number of carbonyl (C=O) groups excluding carboxylic acids is 2. The highest BCUT2D eigenvalue weighted by Crippen LogP contribution is 2.32. The van der Waals surface area contributed by atoms with Crippen LogP contribution < -0.4 is 0 Å². The lowest BCUT2D eigenvalue weighted by molar-refractivity contribution is -0.135. The summed E-state index contributed by atoms with van der Waals surface area (Å²) >= 11 is 0. The molecule has 1 saturated carbocycles. The molecule has 1 aliphatic carbocycles. The maximum Gasteiger partial charge on any atom is 0.227 e. The number of likely N-dealkylation sites (tertiary alicyclic amines) is 1. The molecule has 0 aromatic heterocycles. The molecule has 2 fully saturated rings. The van der Waals surface area contributed by atoms with Gasteiger partial charge in [0.2, 0.25) is 11.8 Å². The highest BCUT2D eigenvalue weighted by Gasteiger charge is 2.36. The fraction of sp³-hybridized carbons (Fsp3) is 0.750. The topological polar surface area (TPSA) is 60.9 Å². The molecule has 5 nitrogen and oxygen atoms in total. The van der Waals surface area contributed by atoms with Crippen molar-refractivity contribution < 1.29 is 14.7 Å². The molecule has 1 atom stereocenters. The molecule has 0 radical (unpaired) electrons. The number of rotatable bonds is 6. The molecule has 0 aromatic rings. The second-order valence-corrected chi connectivity index (χ2v) is 6.43. The first-order valence-corrected chi connectivity index (χ1v) is 7.81. The molecule has 2 amide bonds. The van der Waals surface area contributed by atoms with Gasteiger partial charge in [-0.25, -0.2) is 0 Å². The zero-order chi connectivity index (χ0) is 15.5. The summed E-state index contributed by atoms with van der Waals surface area (Å²) in [6, 6.07) is 0. The second kappa shape index (κ2) is 6.60. The van der Waals surface area contributed by atoms with E-state index in [4.69, 9.17) is 0 Å². The zero-order valence-corrected chi connectivity index (χ0v) is 12.9. The minimum absolute atomic E-state index is 0.0107. The van der Waals surface area contributed by atoms with Gasteiger partial charge in [-0.1, -0.05) is 18.9 Å². The summed E-state index contributed by atoms with van der Waals surface area (Å²) in [7, 11) is 1.77. The molecule has 1 N–H and O–H groups in total. The lowest BCUT2D eigenvalue weighted by atomic mass is 9.97. The highest BCUT2D eigenvalue weighted by molar-refractivity contribution is 5.89. The van der Waals surface area contributed by atoms with Crippen LogP contribution in [0.3, 0.4) is 0 Å². The third-order valence-corrected chi connectivity index (χ3v) is 4.74. The number of aliphatic hydroxyl groups is 1. The quantitative estimate of drug-likeness (QED) is 0.748. The molecule has 0 bridgehead atoms. The Morgan fingerprint density at radius 2 is 2.19 bits per heavy atom. The van der Waals surface area contributed by atoms with Gasteiger partial charge in [0.1, 0.15) is 0 Å². The standard InChI is InChI=1S/C16H26N2O3/c1-3-9-18-12-13(11-14(18)19)15(20)17(2)10-8-16(21)6-4-5-7-16/h3,13,21H,1,4-12H2,2H3/t13-/m1/s1. The molecule has 0 unspecified atom stereocenters. The van der Waals surface area contributed by atoms with E-state index >= 15 is 0 Å². The number of amides is 2. The number of hydrogen-bond acceptors (Lipinski definition) is 3. The van der Waals surface area contributed by atoms with E-state index in [-0.39, 0.29) is 17.7 Å². The summed E-state index contributed by atoms with van der Waals surface area (Å²) in [5.74, 6) is -0.215. The van der Waals surface area contributed by atoms with Crippen LogP contribution in [0.4, 0.5) is 0 Å². The Hall–Kier alpha value is -1.36. The Morgan fingerprint density at radius 1 is 1.52 bits per heavy atom. The molecule has 118 valence electrons. The van der Waals surface area contributed by atoms with E-state index in [9.17, 15) is 14.7 Å².